The number of likely N-dealkylation sites (tertiary alicyclic amines) is 1. The summed E-state index contributed by atoms with van der Waals surface area (Å²) in [7, 11) is 0. The fourth-order valence-corrected chi connectivity index (χ4v) is 3.34. The Morgan fingerprint density at radius 3 is 2.76 bits per heavy atom. The number of aromatic nitrogens is 2. The number of aromatic amines is 1. The second kappa shape index (κ2) is 5.42. The number of imidazole rings is 1. The molecule has 0 radical (unpaired) electrons. The van der Waals surface area contributed by atoms with Crippen molar-refractivity contribution in [2.75, 3.05) is 13.1 Å². The van der Waals surface area contributed by atoms with Gasteiger partial charge in [0.15, 0.2) is 4.77 Å². The van der Waals surface area contributed by atoms with Gasteiger partial charge in [-0.05, 0) is 38.0 Å². The first-order valence-electron chi connectivity index (χ1n) is 6.87. The number of carbonyl (C=O) groups excluding carboxylic acids is 1. The van der Waals surface area contributed by atoms with Gasteiger partial charge in [-0.15, -0.1) is 0 Å². The van der Waals surface area contributed by atoms with E-state index in [9.17, 15) is 9.18 Å². The summed E-state index contributed by atoms with van der Waals surface area (Å²) in [6.07, 6.45) is 2.07. The quantitative estimate of drug-likeness (QED) is 0.855. The molecule has 1 atom stereocenters. The van der Waals surface area contributed by atoms with Crippen LogP contribution in [0.2, 0.25) is 5.02 Å². The van der Waals surface area contributed by atoms with Crippen LogP contribution in [0.15, 0.2) is 12.1 Å². The number of halogens is 2. The fraction of sp³-hybridized carbons (Fsp3) is 0.429. The van der Waals surface area contributed by atoms with Crippen molar-refractivity contribution in [3.05, 3.63) is 27.7 Å². The van der Waals surface area contributed by atoms with Gasteiger partial charge in [0.2, 0.25) is 5.91 Å². The second-order valence-corrected chi connectivity index (χ2v) is 6.09. The molecule has 1 aliphatic heterocycles. The third kappa shape index (κ3) is 2.46. The van der Waals surface area contributed by atoms with Gasteiger partial charge in [-0.3, -0.25) is 4.79 Å². The Labute approximate surface area is 131 Å². The van der Waals surface area contributed by atoms with E-state index >= 15 is 0 Å². The van der Waals surface area contributed by atoms with E-state index in [0.717, 1.165) is 25.9 Å². The van der Waals surface area contributed by atoms with Crippen molar-refractivity contribution in [2.24, 2.45) is 0 Å². The maximum atomic E-state index is 13.5. The predicted octanol–water partition coefficient (Wildman–Crippen LogP) is 3.67. The molecule has 1 aliphatic rings. The zero-order valence-corrected chi connectivity index (χ0v) is 13.1. The van der Waals surface area contributed by atoms with E-state index in [0.29, 0.717) is 15.8 Å². The van der Waals surface area contributed by atoms with Crippen LogP contribution in [0.4, 0.5) is 4.39 Å². The summed E-state index contributed by atoms with van der Waals surface area (Å²) in [6.45, 7) is 3.38. The second-order valence-electron chi connectivity index (χ2n) is 5.29. The Hall–Kier alpha value is -1.40. The molecular formula is C14H15ClFN3OS. The average molecular weight is 328 g/mol. The Balaban J connectivity index is 2.06. The lowest BCUT2D eigenvalue weighted by atomic mass is 10.2. The number of H-pyrrole nitrogens is 1. The van der Waals surface area contributed by atoms with Gasteiger partial charge in [0, 0.05) is 19.2 Å². The van der Waals surface area contributed by atoms with Gasteiger partial charge in [-0.1, -0.05) is 11.6 Å². The highest BCUT2D eigenvalue weighted by molar-refractivity contribution is 7.71. The molecule has 1 unspecified atom stereocenters. The highest BCUT2D eigenvalue weighted by atomic mass is 35.5. The standard InChI is InChI=1S/C14H15ClFN3OS/c1-8(13(20)18-4-2-3-5-18)19-12-6-9(15)10(16)7-11(12)17-14(19)21/h6-8H,2-5H2,1H3,(H,17,21). The van der Waals surface area contributed by atoms with Gasteiger partial charge in [-0.2, -0.15) is 0 Å². The first kappa shape index (κ1) is 14.5. The first-order valence-corrected chi connectivity index (χ1v) is 7.65. The van der Waals surface area contributed by atoms with Gasteiger partial charge >= 0.3 is 0 Å². The van der Waals surface area contributed by atoms with Gasteiger partial charge < -0.3 is 14.5 Å². The maximum absolute atomic E-state index is 13.5. The van der Waals surface area contributed by atoms with E-state index in [4.69, 9.17) is 23.8 Å². The topological polar surface area (TPSA) is 41.0 Å². The first-order chi connectivity index (χ1) is 9.99. The number of fused-ring (bicyclic) bond motifs is 1. The van der Waals surface area contributed by atoms with Gasteiger partial charge in [-0.25, -0.2) is 4.39 Å². The van der Waals surface area contributed by atoms with Crippen LogP contribution in [0, 0.1) is 10.6 Å². The predicted molar refractivity (Wildman–Crippen MR) is 82.6 cm³/mol. The Bertz CT molecular complexity index is 763. The number of nitrogens with one attached hydrogen (secondary N) is 1. The minimum absolute atomic E-state index is 0.0195. The van der Waals surface area contributed by atoms with E-state index in [1.165, 1.54) is 12.1 Å². The molecule has 3 rings (SSSR count). The van der Waals surface area contributed by atoms with Crippen LogP contribution in [0.1, 0.15) is 25.8 Å². The molecule has 4 nitrogen and oxygen atoms in total. The van der Waals surface area contributed by atoms with Crippen LogP contribution in [-0.4, -0.2) is 33.4 Å². The lowest BCUT2D eigenvalue weighted by Gasteiger charge is -2.21. The number of carbonyl (C=O) groups is 1. The Kier molecular flexibility index (Phi) is 3.75. The van der Waals surface area contributed by atoms with Crippen LogP contribution >= 0.6 is 23.8 Å². The summed E-state index contributed by atoms with van der Waals surface area (Å²) in [5.41, 5.74) is 1.19. The van der Waals surface area contributed by atoms with Crippen molar-refractivity contribution < 1.29 is 9.18 Å². The minimum atomic E-state index is -0.508. The lowest BCUT2D eigenvalue weighted by molar-refractivity contribution is -0.133. The Morgan fingerprint density at radius 2 is 2.10 bits per heavy atom. The van der Waals surface area contributed by atoms with Crippen LogP contribution in [0.3, 0.4) is 0 Å². The summed E-state index contributed by atoms with van der Waals surface area (Å²) >= 11 is 11.1. The van der Waals surface area contributed by atoms with E-state index in [1.807, 2.05) is 4.90 Å². The Morgan fingerprint density at radius 1 is 1.43 bits per heavy atom. The SMILES string of the molecule is CC(C(=O)N1CCCC1)n1c(=S)[nH]c2cc(F)c(Cl)cc21. The van der Waals surface area contributed by atoms with E-state index in [2.05, 4.69) is 4.98 Å². The summed E-state index contributed by atoms with van der Waals surface area (Å²) < 4.78 is 15.6. The number of benzene rings is 1. The smallest absolute Gasteiger partial charge is 0.245 e. The van der Waals surface area contributed by atoms with Gasteiger partial charge in [0.25, 0.3) is 0 Å². The molecule has 1 aromatic heterocycles. The van der Waals surface area contributed by atoms with Crippen LogP contribution in [0.5, 0.6) is 0 Å². The summed E-state index contributed by atoms with van der Waals surface area (Å²) in [4.78, 5) is 17.3. The van der Waals surface area contributed by atoms with Gasteiger partial charge in [0.1, 0.15) is 11.9 Å². The molecule has 1 saturated heterocycles. The molecule has 0 saturated carbocycles. The monoisotopic (exact) mass is 327 g/mol. The fourth-order valence-electron chi connectivity index (χ4n) is 2.82. The molecule has 7 heteroatoms. The number of hydrogen-bond acceptors (Lipinski definition) is 2. The molecule has 2 heterocycles. The van der Waals surface area contributed by atoms with E-state index in [1.54, 1.807) is 11.5 Å². The molecule has 1 N–H and O–H groups in total. The van der Waals surface area contributed by atoms with Crippen LogP contribution in [-0.2, 0) is 4.79 Å². The molecule has 0 spiro atoms. The molecule has 1 aromatic carbocycles. The van der Waals surface area contributed by atoms with Crippen molar-refractivity contribution >= 4 is 40.8 Å². The van der Waals surface area contributed by atoms with Crippen molar-refractivity contribution in [2.45, 2.75) is 25.8 Å². The molecule has 112 valence electrons. The van der Waals surface area contributed by atoms with E-state index in [-0.39, 0.29) is 10.9 Å². The minimum Gasteiger partial charge on any atom is -0.341 e. The molecule has 1 fully saturated rings. The number of nitrogens with zero attached hydrogens (tertiary/aromatic N) is 2. The molecular weight excluding hydrogens is 313 g/mol. The third-order valence-electron chi connectivity index (χ3n) is 3.92. The van der Waals surface area contributed by atoms with Crippen molar-refractivity contribution in [1.29, 1.82) is 0 Å². The largest absolute Gasteiger partial charge is 0.341 e. The van der Waals surface area contributed by atoms with Crippen molar-refractivity contribution in [3.8, 4) is 0 Å². The lowest BCUT2D eigenvalue weighted by Crippen LogP contribution is -2.34. The molecule has 0 bridgehead atoms. The normalized spacial score (nSPS) is 16.6. The van der Waals surface area contributed by atoms with Gasteiger partial charge in [0.05, 0.1) is 16.1 Å². The molecule has 2 aromatic rings. The van der Waals surface area contributed by atoms with Crippen LogP contribution < -0.4 is 0 Å². The number of amides is 1. The zero-order valence-electron chi connectivity index (χ0n) is 11.5. The molecule has 0 aliphatic carbocycles. The number of rotatable bonds is 2. The summed E-state index contributed by atoms with van der Waals surface area (Å²) in [5, 5.41) is 0.0195. The van der Waals surface area contributed by atoms with Crippen molar-refractivity contribution in [3.63, 3.8) is 0 Å². The third-order valence-corrected chi connectivity index (χ3v) is 4.51. The zero-order chi connectivity index (χ0) is 15.1. The average Bonchev–Trinajstić information content (AvgIpc) is 3.06. The number of hydrogen-bond donors (Lipinski definition) is 1. The van der Waals surface area contributed by atoms with E-state index < -0.39 is 11.9 Å². The highest BCUT2D eigenvalue weighted by Gasteiger charge is 2.26. The highest BCUT2D eigenvalue weighted by Crippen LogP contribution is 2.26. The summed E-state index contributed by atoms with van der Waals surface area (Å²) in [6, 6.07) is 2.37. The van der Waals surface area contributed by atoms with Crippen molar-refractivity contribution in [1.82, 2.24) is 14.5 Å². The summed E-state index contributed by atoms with van der Waals surface area (Å²) in [5.74, 6) is -0.476. The van der Waals surface area contributed by atoms with Crippen LogP contribution in [0.25, 0.3) is 11.0 Å². The molecule has 1 amide bonds. The maximum Gasteiger partial charge on any atom is 0.245 e. The molecule has 21 heavy (non-hydrogen) atoms.